The normalized spacial score (nSPS) is 18.9. The van der Waals surface area contributed by atoms with Gasteiger partial charge in [-0.3, -0.25) is 4.79 Å². The summed E-state index contributed by atoms with van der Waals surface area (Å²) in [7, 11) is 0. The summed E-state index contributed by atoms with van der Waals surface area (Å²) in [5.41, 5.74) is 6.45. The number of halogens is 1. The van der Waals surface area contributed by atoms with Crippen molar-refractivity contribution in [3.8, 4) is 0 Å². The molecular formula is C15H17FN2OS. The number of carbonyl (C=O) groups excluding carboxylic acids is 1. The number of hydrogen-bond donors (Lipinski definition) is 1. The van der Waals surface area contributed by atoms with Crippen molar-refractivity contribution in [2.24, 2.45) is 5.92 Å². The molecule has 1 aliphatic heterocycles. The number of carbonyl (C=O) groups is 1. The highest BCUT2D eigenvalue weighted by Gasteiger charge is 2.28. The minimum Gasteiger partial charge on any atom is -0.397 e. The zero-order chi connectivity index (χ0) is 14.3. The van der Waals surface area contributed by atoms with Gasteiger partial charge in [-0.15, -0.1) is 11.3 Å². The second kappa shape index (κ2) is 5.05. The number of thiophene rings is 1. The van der Waals surface area contributed by atoms with Crippen LogP contribution in [0.4, 0.5) is 10.1 Å². The Morgan fingerprint density at radius 3 is 3.05 bits per heavy atom. The molecule has 0 bridgehead atoms. The zero-order valence-corrected chi connectivity index (χ0v) is 12.2. The van der Waals surface area contributed by atoms with Gasteiger partial charge in [0, 0.05) is 23.2 Å². The Kier molecular flexibility index (Phi) is 3.38. The van der Waals surface area contributed by atoms with Gasteiger partial charge in [-0.2, -0.15) is 0 Å². The average Bonchev–Trinajstić information content (AvgIpc) is 3.04. The molecule has 1 atom stereocenters. The molecule has 0 aliphatic carbocycles. The predicted octanol–water partition coefficient (Wildman–Crippen LogP) is 3.49. The molecule has 106 valence electrons. The van der Waals surface area contributed by atoms with Crippen LogP contribution in [0.3, 0.4) is 0 Å². The van der Waals surface area contributed by atoms with Crippen LogP contribution in [0.1, 0.15) is 29.4 Å². The van der Waals surface area contributed by atoms with Gasteiger partial charge in [0.15, 0.2) is 0 Å². The predicted molar refractivity (Wildman–Crippen MR) is 80.5 cm³/mol. The van der Waals surface area contributed by atoms with Crippen LogP contribution in [-0.4, -0.2) is 23.9 Å². The van der Waals surface area contributed by atoms with Crippen molar-refractivity contribution < 1.29 is 9.18 Å². The molecule has 1 aromatic heterocycles. The first kappa shape index (κ1) is 13.4. The number of amides is 1. The maximum atomic E-state index is 13.3. The smallest absolute Gasteiger partial charge is 0.266 e. The van der Waals surface area contributed by atoms with E-state index in [1.165, 1.54) is 23.5 Å². The van der Waals surface area contributed by atoms with Crippen LogP contribution >= 0.6 is 11.3 Å². The van der Waals surface area contributed by atoms with Crippen LogP contribution < -0.4 is 5.73 Å². The second-order valence-corrected chi connectivity index (χ2v) is 6.35. The molecule has 1 amide bonds. The molecule has 0 spiro atoms. The number of fused-ring (bicyclic) bond motifs is 1. The fourth-order valence-corrected chi connectivity index (χ4v) is 3.81. The third-order valence-corrected chi connectivity index (χ3v) is 5.21. The van der Waals surface area contributed by atoms with Crippen molar-refractivity contribution >= 4 is 33.0 Å². The van der Waals surface area contributed by atoms with E-state index in [-0.39, 0.29) is 11.7 Å². The number of likely N-dealkylation sites (tertiary alicyclic amines) is 1. The number of hydrogen-bond acceptors (Lipinski definition) is 3. The van der Waals surface area contributed by atoms with Crippen LogP contribution in [0.5, 0.6) is 0 Å². The van der Waals surface area contributed by atoms with Gasteiger partial charge in [0.2, 0.25) is 0 Å². The van der Waals surface area contributed by atoms with Crippen LogP contribution in [0.25, 0.3) is 10.1 Å². The van der Waals surface area contributed by atoms with E-state index in [4.69, 9.17) is 5.73 Å². The molecule has 20 heavy (non-hydrogen) atoms. The molecule has 0 saturated carbocycles. The molecule has 0 radical (unpaired) electrons. The highest BCUT2D eigenvalue weighted by molar-refractivity contribution is 7.21. The van der Waals surface area contributed by atoms with Crippen molar-refractivity contribution in [1.29, 1.82) is 0 Å². The summed E-state index contributed by atoms with van der Waals surface area (Å²) in [5.74, 6) is 0.250. The van der Waals surface area contributed by atoms with E-state index >= 15 is 0 Å². The fraction of sp³-hybridized carbons (Fsp3) is 0.400. The molecule has 1 unspecified atom stereocenters. The lowest BCUT2D eigenvalue weighted by Gasteiger charge is -2.15. The first-order chi connectivity index (χ1) is 9.60. The molecule has 2 N–H and O–H groups in total. The van der Waals surface area contributed by atoms with Crippen molar-refractivity contribution in [1.82, 2.24) is 4.90 Å². The molecule has 2 heterocycles. The maximum Gasteiger partial charge on any atom is 0.266 e. The lowest BCUT2D eigenvalue weighted by Crippen LogP contribution is -2.28. The third kappa shape index (κ3) is 2.16. The number of nitrogens with zero attached hydrogens (tertiary/aromatic N) is 1. The van der Waals surface area contributed by atoms with E-state index in [9.17, 15) is 9.18 Å². The van der Waals surface area contributed by atoms with Gasteiger partial charge in [-0.25, -0.2) is 4.39 Å². The molecule has 1 aromatic carbocycles. The minimum absolute atomic E-state index is 0.0138. The summed E-state index contributed by atoms with van der Waals surface area (Å²) in [6.45, 7) is 3.74. The zero-order valence-electron chi connectivity index (χ0n) is 11.4. The lowest BCUT2D eigenvalue weighted by atomic mass is 10.1. The Hall–Kier alpha value is -1.62. The van der Waals surface area contributed by atoms with E-state index in [1.807, 2.05) is 4.90 Å². The lowest BCUT2D eigenvalue weighted by molar-refractivity contribution is 0.0792. The molecule has 1 aliphatic rings. The third-order valence-electron chi connectivity index (χ3n) is 4.03. The molecule has 3 nitrogen and oxygen atoms in total. The molecule has 2 aromatic rings. The fourth-order valence-electron chi connectivity index (χ4n) is 2.74. The van der Waals surface area contributed by atoms with Crippen molar-refractivity contribution in [2.45, 2.75) is 19.8 Å². The number of nitrogens with two attached hydrogens (primary N) is 1. The van der Waals surface area contributed by atoms with Gasteiger partial charge in [0.1, 0.15) is 10.7 Å². The Bertz CT molecular complexity index is 667. The van der Waals surface area contributed by atoms with Crippen LogP contribution in [0.2, 0.25) is 0 Å². The van der Waals surface area contributed by atoms with Crippen molar-refractivity contribution in [3.05, 3.63) is 28.9 Å². The number of benzene rings is 1. The summed E-state index contributed by atoms with van der Waals surface area (Å²) in [6.07, 6.45) is 2.15. The van der Waals surface area contributed by atoms with Gasteiger partial charge in [0.25, 0.3) is 5.91 Å². The van der Waals surface area contributed by atoms with Gasteiger partial charge in [0.05, 0.1) is 5.69 Å². The Labute approximate surface area is 121 Å². The standard InChI is InChI=1S/C15H17FN2OS/c1-2-9-5-6-18(8-9)15(19)14-13(17)11-7-10(16)3-4-12(11)20-14/h3-4,7,9H,2,5-6,8,17H2,1H3. The summed E-state index contributed by atoms with van der Waals surface area (Å²) in [5, 5.41) is 0.643. The van der Waals surface area contributed by atoms with Gasteiger partial charge in [-0.1, -0.05) is 13.3 Å². The topological polar surface area (TPSA) is 46.3 Å². The van der Waals surface area contributed by atoms with Crippen LogP contribution in [-0.2, 0) is 0 Å². The van der Waals surface area contributed by atoms with Crippen molar-refractivity contribution in [2.75, 3.05) is 18.8 Å². The maximum absolute atomic E-state index is 13.3. The number of nitrogen functional groups attached to an aromatic ring is 1. The van der Waals surface area contributed by atoms with E-state index < -0.39 is 0 Å². The highest BCUT2D eigenvalue weighted by atomic mass is 32.1. The largest absolute Gasteiger partial charge is 0.397 e. The summed E-state index contributed by atoms with van der Waals surface area (Å²) < 4.78 is 14.1. The van der Waals surface area contributed by atoms with E-state index in [0.29, 0.717) is 21.9 Å². The second-order valence-electron chi connectivity index (χ2n) is 5.30. The molecule has 1 fully saturated rings. The monoisotopic (exact) mass is 292 g/mol. The molecular weight excluding hydrogens is 275 g/mol. The summed E-state index contributed by atoms with van der Waals surface area (Å²) >= 11 is 1.35. The van der Waals surface area contributed by atoms with Crippen LogP contribution in [0, 0.1) is 11.7 Å². The first-order valence-electron chi connectivity index (χ1n) is 6.87. The summed E-state index contributed by atoms with van der Waals surface area (Å²) in [6, 6.07) is 4.48. The van der Waals surface area contributed by atoms with Crippen molar-refractivity contribution in [3.63, 3.8) is 0 Å². The van der Waals surface area contributed by atoms with Crippen LogP contribution in [0.15, 0.2) is 18.2 Å². The van der Waals surface area contributed by atoms with E-state index in [0.717, 1.165) is 30.6 Å². The van der Waals surface area contributed by atoms with Gasteiger partial charge in [-0.05, 0) is 30.5 Å². The minimum atomic E-state index is -0.326. The quantitative estimate of drug-likeness (QED) is 0.921. The van der Waals surface area contributed by atoms with E-state index in [1.54, 1.807) is 6.07 Å². The molecule has 5 heteroatoms. The molecule has 1 saturated heterocycles. The Balaban J connectivity index is 1.94. The average molecular weight is 292 g/mol. The van der Waals surface area contributed by atoms with Gasteiger partial charge < -0.3 is 10.6 Å². The Morgan fingerprint density at radius 2 is 2.35 bits per heavy atom. The SMILES string of the molecule is CCC1CCN(C(=O)c2sc3ccc(F)cc3c2N)C1. The van der Waals surface area contributed by atoms with Gasteiger partial charge >= 0.3 is 0 Å². The number of anilines is 1. The van der Waals surface area contributed by atoms with E-state index in [2.05, 4.69) is 6.92 Å². The summed E-state index contributed by atoms with van der Waals surface area (Å²) in [4.78, 5) is 15.0. The number of rotatable bonds is 2. The highest BCUT2D eigenvalue weighted by Crippen LogP contribution is 2.35. The Morgan fingerprint density at radius 1 is 1.55 bits per heavy atom. The molecule has 3 rings (SSSR count). The first-order valence-corrected chi connectivity index (χ1v) is 7.68.